The van der Waals surface area contributed by atoms with Crippen LogP contribution in [-0.4, -0.2) is 24.5 Å². The molecule has 0 unspecified atom stereocenters. The third-order valence-corrected chi connectivity index (χ3v) is 4.91. The Morgan fingerprint density at radius 1 is 1.43 bits per heavy atom. The molecule has 0 radical (unpaired) electrons. The number of aryl methyl sites for hydroxylation is 1. The van der Waals surface area contributed by atoms with Crippen molar-refractivity contribution in [3.05, 3.63) is 41.1 Å². The van der Waals surface area contributed by atoms with Gasteiger partial charge in [0.15, 0.2) is 0 Å². The second-order valence-corrected chi connectivity index (χ2v) is 6.95. The predicted molar refractivity (Wildman–Crippen MR) is 80.5 cm³/mol. The molecular formula is C12H14BrFN4O2S. The Kier molecular flexibility index (Phi) is 4.96. The highest BCUT2D eigenvalue weighted by Crippen LogP contribution is 2.25. The maximum Gasteiger partial charge on any atom is 0.242 e. The van der Waals surface area contributed by atoms with Gasteiger partial charge in [-0.2, -0.15) is 0 Å². The lowest BCUT2D eigenvalue weighted by Gasteiger charge is -2.10. The zero-order valence-corrected chi connectivity index (χ0v) is 13.4. The highest BCUT2D eigenvalue weighted by molar-refractivity contribution is 9.10. The third kappa shape index (κ3) is 4.02. The SMILES string of the molecule is Nc1cc(F)c(Br)cc1S(=O)(=O)NCCCn1ccnc1. The Morgan fingerprint density at radius 2 is 2.19 bits per heavy atom. The third-order valence-electron chi connectivity index (χ3n) is 2.79. The molecule has 2 aromatic rings. The molecule has 0 spiro atoms. The normalized spacial score (nSPS) is 11.7. The van der Waals surface area contributed by atoms with Crippen LogP contribution in [-0.2, 0) is 16.6 Å². The van der Waals surface area contributed by atoms with E-state index in [9.17, 15) is 12.8 Å². The number of nitrogens with two attached hydrogens (primary N) is 1. The first-order valence-corrected chi connectivity index (χ1v) is 8.37. The molecule has 0 aliphatic carbocycles. The second-order valence-electron chi connectivity index (χ2n) is 4.36. The number of nitrogens with one attached hydrogen (secondary N) is 1. The van der Waals surface area contributed by atoms with Gasteiger partial charge in [-0.15, -0.1) is 0 Å². The van der Waals surface area contributed by atoms with E-state index in [2.05, 4.69) is 25.6 Å². The minimum Gasteiger partial charge on any atom is -0.398 e. The van der Waals surface area contributed by atoms with Gasteiger partial charge in [-0.25, -0.2) is 22.5 Å². The molecule has 3 N–H and O–H groups in total. The van der Waals surface area contributed by atoms with Gasteiger partial charge in [-0.05, 0) is 34.5 Å². The molecule has 21 heavy (non-hydrogen) atoms. The highest BCUT2D eigenvalue weighted by Gasteiger charge is 2.19. The Hall–Kier alpha value is -1.45. The quantitative estimate of drug-likeness (QED) is 0.593. The largest absolute Gasteiger partial charge is 0.398 e. The molecule has 2 rings (SSSR count). The molecule has 6 nitrogen and oxygen atoms in total. The summed E-state index contributed by atoms with van der Waals surface area (Å²) < 4.78 is 41.8. The maximum atomic E-state index is 13.3. The summed E-state index contributed by atoms with van der Waals surface area (Å²) in [7, 11) is -3.77. The number of hydrogen-bond donors (Lipinski definition) is 2. The second kappa shape index (κ2) is 6.54. The standard InChI is InChI=1S/C12H14BrFN4O2S/c13-9-6-12(11(15)7-10(9)14)21(19,20)17-2-1-4-18-5-3-16-8-18/h3,5-8,17H,1-2,4,15H2. The van der Waals surface area contributed by atoms with E-state index in [0.29, 0.717) is 13.0 Å². The van der Waals surface area contributed by atoms with E-state index in [0.717, 1.165) is 12.1 Å². The summed E-state index contributed by atoms with van der Waals surface area (Å²) in [6.45, 7) is 0.889. The number of rotatable bonds is 6. The van der Waals surface area contributed by atoms with Crippen molar-refractivity contribution in [3.8, 4) is 0 Å². The predicted octanol–water partition coefficient (Wildman–Crippen LogP) is 1.74. The molecule has 0 aliphatic rings. The van der Waals surface area contributed by atoms with E-state index in [1.54, 1.807) is 18.7 Å². The summed E-state index contributed by atoms with van der Waals surface area (Å²) >= 11 is 2.95. The summed E-state index contributed by atoms with van der Waals surface area (Å²) in [5.74, 6) is -0.605. The van der Waals surface area contributed by atoms with Crippen molar-refractivity contribution in [3.63, 3.8) is 0 Å². The van der Waals surface area contributed by atoms with E-state index in [1.807, 2.05) is 4.57 Å². The molecule has 0 amide bonds. The maximum absolute atomic E-state index is 13.3. The summed E-state index contributed by atoms with van der Waals surface area (Å²) in [6.07, 6.45) is 5.70. The van der Waals surface area contributed by atoms with E-state index >= 15 is 0 Å². The zero-order valence-electron chi connectivity index (χ0n) is 11.0. The number of imidazole rings is 1. The molecule has 0 fully saturated rings. The molecule has 0 saturated heterocycles. The van der Waals surface area contributed by atoms with Crippen molar-refractivity contribution in [2.45, 2.75) is 17.9 Å². The molecule has 0 atom stereocenters. The number of nitrogens with zero attached hydrogens (tertiary/aromatic N) is 2. The van der Waals surface area contributed by atoms with Gasteiger partial charge in [-0.3, -0.25) is 0 Å². The van der Waals surface area contributed by atoms with Crippen LogP contribution in [0.25, 0.3) is 0 Å². The van der Waals surface area contributed by atoms with Crippen LogP contribution >= 0.6 is 15.9 Å². The minimum atomic E-state index is -3.77. The van der Waals surface area contributed by atoms with Gasteiger partial charge in [-0.1, -0.05) is 0 Å². The average molecular weight is 377 g/mol. The minimum absolute atomic E-state index is 0.0514. The van der Waals surface area contributed by atoms with Crippen LogP contribution in [0.2, 0.25) is 0 Å². The van der Waals surface area contributed by atoms with Crippen LogP contribution in [0.3, 0.4) is 0 Å². The number of aromatic nitrogens is 2. The molecule has 0 bridgehead atoms. The van der Waals surface area contributed by atoms with Gasteiger partial charge >= 0.3 is 0 Å². The fourth-order valence-electron chi connectivity index (χ4n) is 1.74. The van der Waals surface area contributed by atoms with Crippen molar-refractivity contribution in [2.24, 2.45) is 0 Å². The number of hydrogen-bond acceptors (Lipinski definition) is 4. The van der Waals surface area contributed by atoms with Gasteiger partial charge in [0.25, 0.3) is 0 Å². The summed E-state index contributed by atoms with van der Waals surface area (Å²) in [5, 5.41) is 0. The van der Waals surface area contributed by atoms with E-state index in [1.165, 1.54) is 0 Å². The van der Waals surface area contributed by atoms with Crippen LogP contribution in [0.1, 0.15) is 6.42 Å². The zero-order chi connectivity index (χ0) is 15.5. The number of halogens is 2. The molecule has 114 valence electrons. The average Bonchev–Trinajstić information content (AvgIpc) is 2.92. The first-order valence-electron chi connectivity index (χ1n) is 6.10. The van der Waals surface area contributed by atoms with Crippen LogP contribution in [0.5, 0.6) is 0 Å². The summed E-state index contributed by atoms with van der Waals surface area (Å²) in [6, 6.07) is 2.13. The van der Waals surface area contributed by atoms with Crippen LogP contribution in [0, 0.1) is 5.82 Å². The molecule has 1 heterocycles. The fraction of sp³-hybridized carbons (Fsp3) is 0.250. The molecular weight excluding hydrogens is 363 g/mol. The van der Waals surface area contributed by atoms with Crippen molar-refractivity contribution >= 4 is 31.6 Å². The molecule has 0 aliphatic heterocycles. The lowest BCUT2D eigenvalue weighted by molar-refractivity contribution is 0.569. The van der Waals surface area contributed by atoms with Crippen molar-refractivity contribution < 1.29 is 12.8 Å². The first kappa shape index (κ1) is 15.9. The van der Waals surface area contributed by atoms with E-state index < -0.39 is 15.8 Å². The monoisotopic (exact) mass is 376 g/mol. The fourth-order valence-corrected chi connectivity index (χ4v) is 3.45. The molecule has 1 aromatic heterocycles. The van der Waals surface area contributed by atoms with Gasteiger partial charge in [0.1, 0.15) is 10.7 Å². The van der Waals surface area contributed by atoms with Crippen LogP contribution in [0.15, 0.2) is 40.2 Å². The number of benzene rings is 1. The molecule has 0 saturated carbocycles. The lowest BCUT2D eigenvalue weighted by Crippen LogP contribution is -2.26. The van der Waals surface area contributed by atoms with Crippen molar-refractivity contribution in [2.75, 3.05) is 12.3 Å². The Balaban J connectivity index is 2.00. The van der Waals surface area contributed by atoms with Crippen molar-refractivity contribution in [1.29, 1.82) is 0 Å². The van der Waals surface area contributed by atoms with Gasteiger partial charge in [0, 0.05) is 25.5 Å². The van der Waals surface area contributed by atoms with Crippen LogP contribution in [0.4, 0.5) is 10.1 Å². The molecule has 9 heteroatoms. The smallest absolute Gasteiger partial charge is 0.242 e. The highest BCUT2D eigenvalue weighted by atomic mass is 79.9. The first-order chi connectivity index (χ1) is 9.90. The van der Waals surface area contributed by atoms with Gasteiger partial charge in [0.2, 0.25) is 10.0 Å². The van der Waals surface area contributed by atoms with Crippen LogP contribution < -0.4 is 10.5 Å². The lowest BCUT2D eigenvalue weighted by atomic mass is 10.3. The van der Waals surface area contributed by atoms with Gasteiger partial charge in [0.05, 0.1) is 16.5 Å². The molecule has 1 aromatic carbocycles. The topological polar surface area (TPSA) is 90.0 Å². The van der Waals surface area contributed by atoms with Gasteiger partial charge < -0.3 is 10.3 Å². The van der Waals surface area contributed by atoms with E-state index in [-0.39, 0.29) is 21.6 Å². The van der Waals surface area contributed by atoms with Crippen molar-refractivity contribution in [1.82, 2.24) is 14.3 Å². The Labute approximate surface area is 130 Å². The Bertz CT molecular complexity index is 719. The summed E-state index contributed by atoms with van der Waals surface area (Å²) in [5.41, 5.74) is 5.44. The number of nitrogen functional groups attached to an aromatic ring is 1. The summed E-state index contributed by atoms with van der Waals surface area (Å²) in [4.78, 5) is 3.75. The Morgan fingerprint density at radius 3 is 2.86 bits per heavy atom. The number of anilines is 1. The van der Waals surface area contributed by atoms with E-state index in [4.69, 9.17) is 5.73 Å². The number of sulfonamides is 1.